The average molecular weight is 362 g/mol. The number of amides is 1. The molecule has 0 saturated heterocycles. The molecule has 0 fully saturated rings. The van der Waals surface area contributed by atoms with Gasteiger partial charge in [-0.3, -0.25) is 4.79 Å². The van der Waals surface area contributed by atoms with E-state index in [-0.39, 0.29) is 11.7 Å². The highest BCUT2D eigenvalue weighted by molar-refractivity contribution is 9.10. The van der Waals surface area contributed by atoms with Crippen molar-refractivity contribution < 1.29 is 14.6 Å². The highest BCUT2D eigenvalue weighted by Gasteiger charge is 2.05. The largest absolute Gasteiger partial charge is 0.506 e. The lowest BCUT2D eigenvalue weighted by Gasteiger charge is -2.07. The molecule has 0 bridgehead atoms. The number of carbonyl (C=O) groups is 1. The van der Waals surface area contributed by atoms with E-state index in [1.165, 1.54) is 6.08 Å². The maximum atomic E-state index is 11.9. The third-order valence-electron chi connectivity index (χ3n) is 3.02. The SMILES string of the molecule is COc1ccc(Br)cc1/C=C/C(=O)Nc1ccc(C)cc1O. The van der Waals surface area contributed by atoms with Crippen LogP contribution in [0, 0.1) is 6.92 Å². The van der Waals surface area contributed by atoms with Gasteiger partial charge >= 0.3 is 0 Å². The number of hydrogen-bond donors (Lipinski definition) is 2. The summed E-state index contributed by atoms with van der Waals surface area (Å²) >= 11 is 3.38. The van der Waals surface area contributed by atoms with Crippen molar-refractivity contribution in [2.75, 3.05) is 12.4 Å². The number of nitrogens with one attached hydrogen (secondary N) is 1. The zero-order valence-corrected chi connectivity index (χ0v) is 13.8. The van der Waals surface area contributed by atoms with E-state index in [2.05, 4.69) is 21.2 Å². The summed E-state index contributed by atoms with van der Waals surface area (Å²) in [5.41, 5.74) is 2.08. The molecule has 0 aromatic heterocycles. The summed E-state index contributed by atoms with van der Waals surface area (Å²) in [6.07, 6.45) is 3.05. The number of phenols is 1. The lowest BCUT2D eigenvalue weighted by molar-refractivity contribution is -0.111. The molecule has 114 valence electrons. The molecule has 2 aromatic carbocycles. The fourth-order valence-corrected chi connectivity index (χ4v) is 2.30. The second kappa shape index (κ2) is 7.13. The minimum atomic E-state index is -0.332. The van der Waals surface area contributed by atoms with Gasteiger partial charge in [-0.15, -0.1) is 0 Å². The van der Waals surface area contributed by atoms with Crippen LogP contribution < -0.4 is 10.1 Å². The number of rotatable bonds is 4. The van der Waals surface area contributed by atoms with Crippen molar-refractivity contribution in [2.45, 2.75) is 6.92 Å². The molecular formula is C17H16BrNO3. The Hall–Kier alpha value is -2.27. The normalized spacial score (nSPS) is 10.7. The van der Waals surface area contributed by atoms with Gasteiger partial charge in [0.1, 0.15) is 11.5 Å². The molecule has 0 unspecified atom stereocenters. The number of halogens is 1. The van der Waals surface area contributed by atoms with Gasteiger partial charge in [-0.1, -0.05) is 22.0 Å². The van der Waals surface area contributed by atoms with Crippen LogP contribution in [0.3, 0.4) is 0 Å². The van der Waals surface area contributed by atoms with Gasteiger partial charge in [-0.25, -0.2) is 0 Å². The van der Waals surface area contributed by atoms with Crippen LogP contribution in [-0.4, -0.2) is 18.1 Å². The van der Waals surface area contributed by atoms with Crippen LogP contribution in [0.1, 0.15) is 11.1 Å². The number of phenolic OH excluding ortho intramolecular Hbond substituents is 1. The summed E-state index contributed by atoms with van der Waals surface area (Å²) in [5, 5.41) is 12.4. The first-order valence-electron chi connectivity index (χ1n) is 6.62. The van der Waals surface area contributed by atoms with Crippen LogP contribution in [0.25, 0.3) is 6.08 Å². The number of anilines is 1. The Morgan fingerprint density at radius 1 is 1.27 bits per heavy atom. The molecule has 2 N–H and O–H groups in total. The number of carbonyl (C=O) groups excluding carboxylic acids is 1. The van der Waals surface area contributed by atoms with Crippen molar-refractivity contribution in [3.8, 4) is 11.5 Å². The van der Waals surface area contributed by atoms with Gasteiger partial charge in [0.05, 0.1) is 12.8 Å². The molecule has 2 aromatic rings. The molecule has 0 aliphatic heterocycles. The van der Waals surface area contributed by atoms with E-state index in [1.54, 1.807) is 25.3 Å². The summed E-state index contributed by atoms with van der Waals surface area (Å²) in [7, 11) is 1.57. The minimum Gasteiger partial charge on any atom is -0.506 e. The van der Waals surface area contributed by atoms with E-state index < -0.39 is 0 Å². The van der Waals surface area contributed by atoms with Gasteiger partial charge in [0.25, 0.3) is 0 Å². The van der Waals surface area contributed by atoms with E-state index in [4.69, 9.17) is 4.74 Å². The third-order valence-corrected chi connectivity index (χ3v) is 3.51. The third kappa shape index (κ3) is 4.11. The first-order chi connectivity index (χ1) is 10.5. The van der Waals surface area contributed by atoms with Crippen LogP contribution in [0.4, 0.5) is 5.69 Å². The first-order valence-corrected chi connectivity index (χ1v) is 7.41. The Labute approximate surface area is 137 Å². The van der Waals surface area contributed by atoms with E-state index >= 15 is 0 Å². The Balaban J connectivity index is 2.13. The first kappa shape index (κ1) is 16.1. The molecule has 2 rings (SSSR count). The smallest absolute Gasteiger partial charge is 0.248 e. The van der Waals surface area contributed by atoms with Crippen molar-refractivity contribution >= 4 is 33.6 Å². The minimum absolute atomic E-state index is 0.0433. The molecule has 0 spiro atoms. The second-order valence-corrected chi connectivity index (χ2v) is 5.65. The topological polar surface area (TPSA) is 58.6 Å². The molecule has 0 radical (unpaired) electrons. The molecule has 0 saturated carbocycles. The lowest BCUT2D eigenvalue weighted by atomic mass is 10.2. The number of hydrogen-bond acceptors (Lipinski definition) is 3. The van der Waals surface area contributed by atoms with Crippen LogP contribution in [0.2, 0.25) is 0 Å². The Bertz CT molecular complexity index is 726. The van der Waals surface area contributed by atoms with Gasteiger partial charge < -0.3 is 15.2 Å². The fourth-order valence-electron chi connectivity index (χ4n) is 1.92. The van der Waals surface area contributed by atoms with E-state index in [1.807, 2.05) is 31.2 Å². The fraction of sp³-hybridized carbons (Fsp3) is 0.118. The van der Waals surface area contributed by atoms with E-state index in [9.17, 15) is 9.90 Å². The molecule has 0 atom stereocenters. The molecule has 1 amide bonds. The van der Waals surface area contributed by atoms with Crippen LogP contribution in [-0.2, 0) is 4.79 Å². The highest BCUT2D eigenvalue weighted by Crippen LogP contribution is 2.25. The number of aryl methyl sites for hydroxylation is 1. The van der Waals surface area contributed by atoms with Gasteiger partial charge in [-0.05, 0) is 48.9 Å². The summed E-state index contributed by atoms with van der Waals surface area (Å²) in [6.45, 7) is 1.87. The van der Waals surface area contributed by atoms with Crippen molar-refractivity contribution in [3.05, 3.63) is 58.1 Å². The molecule has 0 aliphatic carbocycles. The summed E-state index contributed by atoms with van der Waals surface area (Å²) in [4.78, 5) is 11.9. The van der Waals surface area contributed by atoms with Crippen molar-refractivity contribution in [3.63, 3.8) is 0 Å². The molecule has 5 heteroatoms. The monoisotopic (exact) mass is 361 g/mol. The molecule has 4 nitrogen and oxygen atoms in total. The van der Waals surface area contributed by atoms with Gasteiger partial charge in [0.2, 0.25) is 5.91 Å². The van der Waals surface area contributed by atoms with Crippen molar-refractivity contribution in [2.24, 2.45) is 0 Å². The summed E-state index contributed by atoms with van der Waals surface area (Å²) in [5.74, 6) is 0.383. The molecule has 22 heavy (non-hydrogen) atoms. The van der Waals surface area contributed by atoms with Crippen molar-refractivity contribution in [1.82, 2.24) is 0 Å². The predicted molar refractivity (Wildman–Crippen MR) is 91.2 cm³/mol. The summed E-state index contributed by atoms with van der Waals surface area (Å²) < 4.78 is 6.13. The Morgan fingerprint density at radius 3 is 2.73 bits per heavy atom. The lowest BCUT2D eigenvalue weighted by Crippen LogP contribution is -2.07. The molecule has 0 heterocycles. The standard InChI is InChI=1S/C17H16BrNO3/c1-11-3-6-14(15(20)9-11)19-17(21)8-4-12-10-13(18)5-7-16(12)22-2/h3-10,20H,1-2H3,(H,19,21)/b8-4+. The number of benzene rings is 2. The zero-order valence-electron chi connectivity index (χ0n) is 12.3. The second-order valence-electron chi connectivity index (χ2n) is 4.73. The molecule has 0 aliphatic rings. The van der Waals surface area contributed by atoms with Crippen molar-refractivity contribution in [1.29, 1.82) is 0 Å². The van der Waals surface area contributed by atoms with Crippen LogP contribution >= 0.6 is 15.9 Å². The van der Waals surface area contributed by atoms with Crippen LogP contribution in [0.5, 0.6) is 11.5 Å². The Morgan fingerprint density at radius 2 is 2.05 bits per heavy atom. The average Bonchev–Trinajstić information content (AvgIpc) is 2.48. The number of methoxy groups -OCH3 is 1. The summed E-state index contributed by atoms with van der Waals surface area (Å²) in [6, 6.07) is 10.6. The van der Waals surface area contributed by atoms with Gasteiger partial charge in [0.15, 0.2) is 0 Å². The maximum Gasteiger partial charge on any atom is 0.248 e. The highest BCUT2D eigenvalue weighted by atomic mass is 79.9. The Kier molecular flexibility index (Phi) is 5.22. The van der Waals surface area contributed by atoms with Crippen LogP contribution in [0.15, 0.2) is 46.9 Å². The van der Waals surface area contributed by atoms with Gasteiger partial charge in [-0.2, -0.15) is 0 Å². The zero-order chi connectivity index (χ0) is 16.1. The quantitative estimate of drug-likeness (QED) is 0.635. The van der Waals surface area contributed by atoms with E-state index in [0.717, 1.165) is 15.6 Å². The number of aromatic hydroxyl groups is 1. The molecular weight excluding hydrogens is 346 g/mol. The maximum absolute atomic E-state index is 11.9. The van der Waals surface area contributed by atoms with Gasteiger partial charge in [0, 0.05) is 16.1 Å². The predicted octanol–water partition coefficient (Wildman–Crippen LogP) is 4.12. The number of ether oxygens (including phenoxy) is 1. The van der Waals surface area contributed by atoms with E-state index in [0.29, 0.717) is 11.4 Å².